The van der Waals surface area contributed by atoms with Crippen molar-refractivity contribution in [2.75, 3.05) is 39.3 Å². The average Bonchev–Trinajstić information content (AvgIpc) is 2.34. The number of hydrogen-bond donors (Lipinski definition) is 1. The number of piperazine rings is 1. The summed E-state index contributed by atoms with van der Waals surface area (Å²) >= 11 is 0. The van der Waals surface area contributed by atoms with Gasteiger partial charge in [0.15, 0.2) is 11.6 Å². The van der Waals surface area contributed by atoms with Gasteiger partial charge in [-0.2, -0.15) is 0 Å². The summed E-state index contributed by atoms with van der Waals surface area (Å²) in [5, 5.41) is 3.29. The topological polar surface area (TPSA) is 18.5 Å². The second-order valence-corrected chi connectivity index (χ2v) is 5.37. The molecule has 0 bridgehead atoms. The Morgan fingerprint density at radius 3 is 2.37 bits per heavy atom. The Bertz CT molecular complexity index is 440. The van der Waals surface area contributed by atoms with Crippen LogP contribution in [-0.4, -0.2) is 55.1 Å². The zero-order valence-corrected chi connectivity index (χ0v) is 10.9. The van der Waals surface area contributed by atoms with Gasteiger partial charge in [-0.3, -0.25) is 9.80 Å². The van der Waals surface area contributed by atoms with Gasteiger partial charge in [-0.15, -0.1) is 0 Å². The number of rotatable bonds is 3. The van der Waals surface area contributed by atoms with Gasteiger partial charge in [0.1, 0.15) is 0 Å². The van der Waals surface area contributed by atoms with Gasteiger partial charge in [0.2, 0.25) is 0 Å². The largest absolute Gasteiger partial charge is 0.314 e. The summed E-state index contributed by atoms with van der Waals surface area (Å²) in [6.45, 7) is 7.03. The standard InChI is InChI=1S/C14H19F2N3/c15-13-2-1-11(7-14(13)16)10-18-3-5-19(6-4-18)12-8-17-9-12/h1-2,7,12,17H,3-6,8-10H2. The Morgan fingerprint density at radius 2 is 1.79 bits per heavy atom. The molecule has 0 atom stereocenters. The van der Waals surface area contributed by atoms with E-state index < -0.39 is 11.6 Å². The molecular formula is C14H19F2N3. The number of hydrogen-bond acceptors (Lipinski definition) is 3. The molecule has 104 valence electrons. The van der Waals surface area contributed by atoms with Crippen molar-refractivity contribution in [3.8, 4) is 0 Å². The van der Waals surface area contributed by atoms with E-state index in [1.54, 1.807) is 6.07 Å². The summed E-state index contributed by atoms with van der Waals surface area (Å²) in [4.78, 5) is 4.81. The molecule has 5 heteroatoms. The Morgan fingerprint density at radius 1 is 1.05 bits per heavy atom. The van der Waals surface area contributed by atoms with Crippen LogP contribution in [0.25, 0.3) is 0 Å². The van der Waals surface area contributed by atoms with Crippen molar-refractivity contribution in [1.82, 2.24) is 15.1 Å². The maximum absolute atomic E-state index is 13.1. The summed E-state index contributed by atoms with van der Waals surface area (Å²) in [6, 6.07) is 4.88. The second-order valence-electron chi connectivity index (χ2n) is 5.37. The molecule has 0 radical (unpaired) electrons. The third kappa shape index (κ3) is 2.94. The van der Waals surface area contributed by atoms with Crippen LogP contribution < -0.4 is 5.32 Å². The molecule has 3 nitrogen and oxygen atoms in total. The van der Waals surface area contributed by atoms with Gasteiger partial charge >= 0.3 is 0 Å². The lowest BCUT2D eigenvalue weighted by molar-refractivity contribution is 0.0695. The molecule has 0 aromatic heterocycles. The van der Waals surface area contributed by atoms with E-state index in [0.717, 1.165) is 44.8 Å². The molecule has 1 aromatic rings. The van der Waals surface area contributed by atoms with Gasteiger partial charge in [-0.25, -0.2) is 8.78 Å². The first kappa shape index (κ1) is 13.0. The molecule has 19 heavy (non-hydrogen) atoms. The zero-order chi connectivity index (χ0) is 13.2. The quantitative estimate of drug-likeness (QED) is 0.883. The third-order valence-corrected chi connectivity index (χ3v) is 4.07. The van der Waals surface area contributed by atoms with Crippen LogP contribution in [0.1, 0.15) is 5.56 Å². The lowest BCUT2D eigenvalue weighted by atomic mass is 10.1. The van der Waals surface area contributed by atoms with E-state index in [-0.39, 0.29) is 0 Å². The van der Waals surface area contributed by atoms with Crippen LogP contribution in [0.3, 0.4) is 0 Å². The Hall–Kier alpha value is -1.04. The highest BCUT2D eigenvalue weighted by molar-refractivity contribution is 5.17. The molecule has 0 saturated carbocycles. The van der Waals surface area contributed by atoms with Crippen LogP contribution >= 0.6 is 0 Å². The van der Waals surface area contributed by atoms with E-state index in [4.69, 9.17) is 0 Å². The lowest BCUT2D eigenvalue weighted by Gasteiger charge is -2.43. The normalized spacial score (nSPS) is 22.4. The predicted octanol–water partition coefficient (Wildman–Crippen LogP) is 1.05. The van der Waals surface area contributed by atoms with E-state index >= 15 is 0 Å². The second kappa shape index (κ2) is 5.53. The molecule has 2 aliphatic rings. The lowest BCUT2D eigenvalue weighted by Crippen LogP contribution is -2.61. The predicted molar refractivity (Wildman–Crippen MR) is 69.9 cm³/mol. The molecule has 0 unspecified atom stereocenters. The van der Waals surface area contributed by atoms with E-state index in [1.807, 2.05) is 0 Å². The van der Waals surface area contributed by atoms with Crippen LogP contribution in [-0.2, 0) is 6.54 Å². The highest BCUT2D eigenvalue weighted by Crippen LogP contribution is 2.14. The van der Waals surface area contributed by atoms with Gasteiger partial charge in [0.05, 0.1) is 0 Å². The molecule has 0 amide bonds. The first-order valence-corrected chi connectivity index (χ1v) is 6.83. The Kier molecular flexibility index (Phi) is 3.77. The molecular weight excluding hydrogens is 248 g/mol. The summed E-state index contributed by atoms with van der Waals surface area (Å²) in [5.74, 6) is -1.53. The van der Waals surface area contributed by atoms with Crippen molar-refractivity contribution in [2.24, 2.45) is 0 Å². The van der Waals surface area contributed by atoms with Gasteiger partial charge in [-0.05, 0) is 17.7 Å². The van der Waals surface area contributed by atoms with E-state index in [1.165, 1.54) is 12.1 Å². The highest BCUT2D eigenvalue weighted by atomic mass is 19.2. The molecule has 2 heterocycles. The molecule has 2 fully saturated rings. The maximum Gasteiger partial charge on any atom is 0.159 e. The fraction of sp³-hybridized carbons (Fsp3) is 0.571. The third-order valence-electron chi connectivity index (χ3n) is 4.07. The van der Waals surface area contributed by atoms with Crippen molar-refractivity contribution in [3.05, 3.63) is 35.4 Å². The molecule has 2 aliphatic heterocycles. The number of halogens is 2. The van der Waals surface area contributed by atoms with Gasteiger partial charge in [-0.1, -0.05) is 6.07 Å². The van der Waals surface area contributed by atoms with E-state index in [9.17, 15) is 8.78 Å². The highest BCUT2D eigenvalue weighted by Gasteiger charge is 2.27. The van der Waals surface area contributed by atoms with Crippen LogP contribution in [0.4, 0.5) is 8.78 Å². The van der Waals surface area contributed by atoms with Crippen LogP contribution in [0.2, 0.25) is 0 Å². The Labute approximate surface area is 112 Å². The molecule has 2 saturated heterocycles. The Balaban J connectivity index is 1.52. The molecule has 1 aromatic carbocycles. The van der Waals surface area contributed by atoms with Crippen molar-refractivity contribution in [3.63, 3.8) is 0 Å². The van der Waals surface area contributed by atoms with Crippen molar-refractivity contribution in [1.29, 1.82) is 0 Å². The minimum absolute atomic E-state index is 0.699. The number of benzene rings is 1. The first-order valence-electron chi connectivity index (χ1n) is 6.83. The van der Waals surface area contributed by atoms with Gasteiger partial charge in [0.25, 0.3) is 0 Å². The minimum atomic E-state index is -0.772. The number of nitrogens with one attached hydrogen (secondary N) is 1. The molecule has 3 rings (SSSR count). The summed E-state index contributed by atoms with van der Waals surface area (Å²) < 4.78 is 26.0. The molecule has 1 N–H and O–H groups in total. The minimum Gasteiger partial charge on any atom is -0.314 e. The fourth-order valence-corrected chi connectivity index (χ4v) is 2.71. The van der Waals surface area contributed by atoms with Crippen LogP contribution in [0.5, 0.6) is 0 Å². The summed E-state index contributed by atoms with van der Waals surface area (Å²) in [5.41, 5.74) is 0.845. The average molecular weight is 267 g/mol. The summed E-state index contributed by atoms with van der Waals surface area (Å²) in [7, 11) is 0. The van der Waals surface area contributed by atoms with Crippen LogP contribution in [0.15, 0.2) is 18.2 Å². The van der Waals surface area contributed by atoms with Crippen molar-refractivity contribution in [2.45, 2.75) is 12.6 Å². The van der Waals surface area contributed by atoms with E-state index in [2.05, 4.69) is 15.1 Å². The molecule has 0 spiro atoms. The van der Waals surface area contributed by atoms with Crippen molar-refractivity contribution < 1.29 is 8.78 Å². The van der Waals surface area contributed by atoms with Crippen LogP contribution in [0, 0.1) is 11.6 Å². The van der Waals surface area contributed by atoms with Crippen molar-refractivity contribution >= 4 is 0 Å². The first-order chi connectivity index (χ1) is 9.22. The number of nitrogens with zero attached hydrogens (tertiary/aromatic N) is 2. The maximum atomic E-state index is 13.1. The van der Waals surface area contributed by atoms with Gasteiger partial charge < -0.3 is 5.32 Å². The van der Waals surface area contributed by atoms with Gasteiger partial charge in [0, 0.05) is 51.9 Å². The monoisotopic (exact) mass is 267 g/mol. The SMILES string of the molecule is Fc1ccc(CN2CCN(C3CNC3)CC2)cc1F. The zero-order valence-electron chi connectivity index (χ0n) is 10.9. The summed E-state index contributed by atoms with van der Waals surface area (Å²) in [6.07, 6.45) is 0. The van der Waals surface area contributed by atoms with E-state index in [0.29, 0.717) is 12.6 Å². The fourth-order valence-electron chi connectivity index (χ4n) is 2.71. The smallest absolute Gasteiger partial charge is 0.159 e. The molecule has 0 aliphatic carbocycles.